The maximum Gasteiger partial charge on any atom is 0.234 e. The average molecular weight is 257 g/mol. The quantitative estimate of drug-likeness (QED) is 0.760. The SMILES string of the molecule is O=C(CN1CCNCC1)NCC1CCCCS1. The first-order chi connectivity index (χ1) is 8.34. The summed E-state index contributed by atoms with van der Waals surface area (Å²) in [6.45, 7) is 5.42. The van der Waals surface area contributed by atoms with Gasteiger partial charge < -0.3 is 10.6 Å². The monoisotopic (exact) mass is 257 g/mol. The molecule has 0 aromatic carbocycles. The predicted octanol–water partition coefficient (Wildman–Crippen LogP) is 0.294. The van der Waals surface area contributed by atoms with Gasteiger partial charge in [-0.3, -0.25) is 9.69 Å². The Bertz CT molecular complexity index is 238. The first kappa shape index (κ1) is 13.2. The summed E-state index contributed by atoms with van der Waals surface area (Å²) in [4.78, 5) is 14.0. The van der Waals surface area contributed by atoms with E-state index in [0.717, 1.165) is 32.7 Å². The Kier molecular flexibility index (Phi) is 5.61. The average Bonchev–Trinajstić information content (AvgIpc) is 2.39. The Morgan fingerprint density at radius 3 is 2.88 bits per heavy atom. The molecule has 2 N–H and O–H groups in total. The van der Waals surface area contributed by atoms with Gasteiger partial charge in [0.05, 0.1) is 6.54 Å². The molecule has 0 saturated carbocycles. The van der Waals surface area contributed by atoms with E-state index in [0.29, 0.717) is 11.8 Å². The number of rotatable bonds is 4. The molecule has 0 aliphatic carbocycles. The molecule has 2 aliphatic rings. The number of piperazine rings is 1. The van der Waals surface area contributed by atoms with Crippen LogP contribution in [0.2, 0.25) is 0 Å². The van der Waals surface area contributed by atoms with E-state index in [9.17, 15) is 4.79 Å². The van der Waals surface area contributed by atoms with Crippen LogP contribution in [0.15, 0.2) is 0 Å². The molecule has 0 aromatic heterocycles. The highest BCUT2D eigenvalue weighted by molar-refractivity contribution is 7.99. The van der Waals surface area contributed by atoms with Crippen LogP contribution >= 0.6 is 11.8 Å². The van der Waals surface area contributed by atoms with Crippen molar-refractivity contribution in [1.29, 1.82) is 0 Å². The number of hydrogen-bond donors (Lipinski definition) is 2. The van der Waals surface area contributed by atoms with Crippen LogP contribution < -0.4 is 10.6 Å². The number of carbonyl (C=O) groups excluding carboxylic acids is 1. The van der Waals surface area contributed by atoms with Gasteiger partial charge >= 0.3 is 0 Å². The summed E-state index contributed by atoms with van der Waals surface area (Å²) in [6.07, 6.45) is 3.93. The molecular weight excluding hydrogens is 234 g/mol. The van der Waals surface area contributed by atoms with Crippen molar-refractivity contribution in [2.24, 2.45) is 0 Å². The molecule has 4 nitrogen and oxygen atoms in total. The van der Waals surface area contributed by atoms with Gasteiger partial charge in [0.15, 0.2) is 0 Å². The summed E-state index contributed by atoms with van der Waals surface area (Å²) < 4.78 is 0. The second-order valence-electron chi connectivity index (χ2n) is 4.82. The number of hydrogen-bond acceptors (Lipinski definition) is 4. The largest absolute Gasteiger partial charge is 0.354 e. The zero-order chi connectivity index (χ0) is 11.9. The van der Waals surface area contributed by atoms with Crippen molar-refractivity contribution in [1.82, 2.24) is 15.5 Å². The number of nitrogens with zero attached hydrogens (tertiary/aromatic N) is 1. The third-order valence-corrected chi connectivity index (χ3v) is 4.78. The van der Waals surface area contributed by atoms with Gasteiger partial charge in [-0.1, -0.05) is 6.42 Å². The number of nitrogens with one attached hydrogen (secondary N) is 2. The summed E-state index contributed by atoms with van der Waals surface area (Å²) in [7, 11) is 0. The zero-order valence-electron chi connectivity index (χ0n) is 10.4. The lowest BCUT2D eigenvalue weighted by atomic mass is 10.2. The van der Waals surface area contributed by atoms with Crippen LogP contribution in [0, 0.1) is 0 Å². The van der Waals surface area contributed by atoms with E-state index in [-0.39, 0.29) is 5.91 Å². The molecular formula is C12H23N3OS. The van der Waals surface area contributed by atoms with Crippen LogP contribution in [0.5, 0.6) is 0 Å². The highest BCUT2D eigenvalue weighted by atomic mass is 32.2. The molecule has 98 valence electrons. The first-order valence-electron chi connectivity index (χ1n) is 6.66. The van der Waals surface area contributed by atoms with E-state index in [2.05, 4.69) is 15.5 Å². The molecule has 0 bridgehead atoms. The van der Waals surface area contributed by atoms with Gasteiger partial charge in [0.25, 0.3) is 0 Å². The Hall–Kier alpha value is -0.260. The molecule has 0 radical (unpaired) electrons. The van der Waals surface area contributed by atoms with Crippen molar-refractivity contribution in [3.05, 3.63) is 0 Å². The fourth-order valence-electron chi connectivity index (χ4n) is 2.32. The van der Waals surface area contributed by atoms with Crippen molar-refractivity contribution in [3.8, 4) is 0 Å². The topological polar surface area (TPSA) is 44.4 Å². The third-order valence-electron chi connectivity index (χ3n) is 3.38. The molecule has 5 heteroatoms. The van der Waals surface area contributed by atoms with Gasteiger partial charge in [-0.15, -0.1) is 0 Å². The highest BCUT2D eigenvalue weighted by Gasteiger charge is 2.16. The molecule has 2 saturated heterocycles. The van der Waals surface area contributed by atoms with E-state index >= 15 is 0 Å². The lowest BCUT2D eigenvalue weighted by molar-refractivity contribution is -0.122. The fraction of sp³-hybridized carbons (Fsp3) is 0.917. The van der Waals surface area contributed by atoms with Gasteiger partial charge in [-0.25, -0.2) is 0 Å². The van der Waals surface area contributed by atoms with Gasteiger partial charge in [-0.05, 0) is 18.6 Å². The standard InChI is InChI=1S/C12H23N3OS/c16-12(10-15-6-4-13-5-7-15)14-9-11-3-1-2-8-17-11/h11,13H,1-10H2,(H,14,16). The number of amides is 1. The molecule has 17 heavy (non-hydrogen) atoms. The molecule has 2 heterocycles. The molecule has 0 spiro atoms. The minimum Gasteiger partial charge on any atom is -0.354 e. The molecule has 1 amide bonds. The van der Waals surface area contributed by atoms with Crippen LogP contribution in [0.4, 0.5) is 0 Å². The zero-order valence-corrected chi connectivity index (χ0v) is 11.2. The Balaban J connectivity index is 1.59. The second kappa shape index (κ2) is 7.24. The Morgan fingerprint density at radius 2 is 2.18 bits per heavy atom. The summed E-state index contributed by atoms with van der Waals surface area (Å²) in [6, 6.07) is 0. The van der Waals surface area contributed by atoms with Crippen LogP contribution in [-0.4, -0.2) is 61.1 Å². The second-order valence-corrected chi connectivity index (χ2v) is 6.23. The molecule has 1 unspecified atom stereocenters. The van der Waals surface area contributed by atoms with E-state index in [1.54, 1.807) is 0 Å². The first-order valence-corrected chi connectivity index (χ1v) is 7.71. The molecule has 2 aliphatic heterocycles. The van der Waals surface area contributed by atoms with Crippen LogP contribution in [-0.2, 0) is 4.79 Å². The maximum absolute atomic E-state index is 11.8. The van der Waals surface area contributed by atoms with E-state index < -0.39 is 0 Å². The maximum atomic E-state index is 11.8. The Labute approximate surface area is 108 Å². The third kappa shape index (κ3) is 4.85. The van der Waals surface area contributed by atoms with E-state index in [4.69, 9.17) is 0 Å². The van der Waals surface area contributed by atoms with Gasteiger partial charge in [-0.2, -0.15) is 11.8 Å². The lowest BCUT2D eigenvalue weighted by Gasteiger charge is -2.27. The minimum absolute atomic E-state index is 0.193. The van der Waals surface area contributed by atoms with Crippen LogP contribution in [0.3, 0.4) is 0 Å². The molecule has 2 rings (SSSR count). The van der Waals surface area contributed by atoms with Crippen molar-refractivity contribution in [3.63, 3.8) is 0 Å². The summed E-state index contributed by atoms with van der Waals surface area (Å²) in [5, 5.41) is 7.02. The number of thioether (sulfide) groups is 1. The van der Waals surface area contributed by atoms with Crippen molar-refractivity contribution in [2.45, 2.75) is 24.5 Å². The predicted molar refractivity (Wildman–Crippen MR) is 72.4 cm³/mol. The van der Waals surface area contributed by atoms with E-state index in [1.165, 1.54) is 25.0 Å². The lowest BCUT2D eigenvalue weighted by Crippen LogP contribution is -2.48. The molecule has 1 atom stereocenters. The highest BCUT2D eigenvalue weighted by Crippen LogP contribution is 2.24. The van der Waals surface area contributed by atoms with Crippen LogP contribution in [0.1, 0.15) is 19.3 Å². The molecule has 2 fully saturated rings. The van der Waals surface area contributed by atoms with Crippen molar-refractivity contribution >= 4 is 17.7 Å². The van der Waals surface area contributed by atoms with Crippen molar-refractivity contribution in [2.75, 3.05) is 45.0 Å². The Morgan fingerprint density at radius 1 is 1.35 bits per heavy atom. The smallest absolute Gasteiger partial charge is 0.234 e. The summed E-state index contributed by atoms with van der Waals surface area (Å²) in [5.41, 5.74) is 0. The van der Waals surface area contributed by atoms with Gasteiger partial charge in [0.1, 0.15) is 0 Å². The van der Waals surface area contributed by atoms with Crippen molar-refractivity contribution < 1.29 is 4.79 Å². The van der Waals surface area contributed by atoms with Gasteiger partial charge in [0, 0.05) is 38.0 Å². The fourth-order valence-corrected chi connectivity index (χ4v) is 3.56. The van der Waals surface area contributed by atoms with Crippen LogP contribution in [0.25, 0.3) is 0 Å². The number of carbonyl (C=O) groups is 1. The summed E-state index contributed by atoms with van der Waals surface area (Å²) >= 11 is 2.01. The van der Waals surface area contributed by atoms with E-state index in [1.807, 2.05) is 11.8 Å². The minimum atomic E-state index is 0.193. The van der Waals surface area contributed by atoms with Gasteiger partial charge in [0.2, 0.25) is 5.91 Å². The molecule has 0 aromatic rings. The normalized spacial score (nSPS) is 26.7. The summed E-state index contributed by atoms with van der Waals surface area (Å²) in [5.74, 6) is 1.45.